The van der Waals surface area contributed by atoms with Crippen LogP contribution in [0.5, 0.6) is 0 Å². The molecule has 434 valence electrons. The second kappa shape index (κ2) is 28.9. The van der Waals surface area contributed by atoms with E-state index in [0.29, 0.717) is 19.3 Å². The summed E-state index contributed by atoms with van der Waals surface area (Å²) in [5.41, 5.74) is 1.91. The van der Waals surface area contributed by atoms with Crippen LogP contribution in [0.2, 0.25) is 0 Å². The van der Waals surface area contributed by atoms with E-state index in [2.05, 4.69) is 12.7 Å². The fraction of sp³-hybridized carbons (Fsp3) is 0.840. The predicted molar refractivity (Wildman–Crippen MR) is 257 cm³/mol. The smallest absolute Gasteiger partial charge is 0.188 e. The van der Waals surface area contributed by atoms with Crippen molar-refractivity contribution in [1.82, 2.24) is 0 Å². The standard InChI is InChI=1S/C50H84O25/c1-8-50(7,75-49-44(37(60)33(56)28(19-52)71-49)74-48-41(64)36(59)32(55)27(18-51)70-48)17-11-16-23(3)13-9-12-22(2)14-10-15-24(4)20-66-46-42(65)38(61)43(73-47-40(63)35(58)31(54)26(6)69-47)29(72-46)21-67-45-39(62)34(57)30(53)25(5)68-45/h8,12,15-16,25-49,51-65H,1,9-11,13-14,17-21H2,2-7H3/b22-12+,23-16+,24-15-/t25-,26-,27+,28+,29+,30-,31-,32+,33+,34+,35+,36-,37-,38+,39+,40+,41+,42+,43+,44+,45+,46+,47-,48-,49-,50+/m0/s1. The minimum atomic E-state index is -1.81. The Bertz CT molecular complexity index is 1840. The van der Waals surface area contributed by atoms with Crippen LogP contribution in [0.15, 0.2) is 47.6 Å². The molecule has 0 aliphatic carbocycles. The normalized spacial score (nSPS) is 44.3. The van der Waals surface area contributed by atoms with Gasteiger partial charge in [-0.25, -0.2) is 0 Å². The van der Waals surface area contributed by atoms with Gasteiger partial charge in [0.15, 0.2) is 31.5 Å². The highest BCUT2D eigenvalue weighted by atomic mass is 16.8. The average molecular weight is 1090 g/mol. The zero-order chi connectivity index (χ0) is 55.6. The van der Waals surface area contributed by atoms with Crippen molar-refractivity contribution in [3.8, 4) is 0 Å². The van der Waals surface area contributed by atoms with Crippen molar-refractivity contribution in [1.29, 1.82) is 0 Å². The fourth-order valence-corrected chi connectivity index (χ4v) is 9.25. The number of aliphatic hydroxyl groups excluding tert-OH is 15. The van der Waals surface area contributed by atoms with Crippen LogP contribution < -0.4 is 0 Å². The van der Waals surface area contributed by atoms with E-state index in [0.717, 1.165) is 36.0 Å². The van der Waals surface area contributed by atoms with Gasteiger partial charge in [-0.1, -0.05) is 41.0 Å². The van der Waals surface area contributed by atoms with E-state index >= 15 is 0 Å². The van der Waals surface area contributed by atoms with E-state index in [1.165, 1.54) is 19.9 Å². The van der Waals surface area contributed by atoms with Gasteiger partial charge in [-0.2, -0.15) is 0 Å². The number of hydrogen-bond acceptors (Lipinski definition) is 25. The third-order valence-electron chi connectivity index (χ3n) is 14.4. The average Bonchev–Trinajstić information content (AvgIpc) is 3.38. The van der Waals surface area contributed by atoms with Gasteiger partial charge in [-0.3, -0.25) is 0 Å². The van der Waals surface area contributed by atoms with E-state index in [-0.39, 0.29) is 6.61 Å². The van der Waals surface area contributed by atoms with Gasteiger partial charge < -0.3 is 124 Å². The quantitative estimate of drug-likeness (QED) is 0.0413. The summed E-state index contributed by atoms with van der Waals surface area (Å²) in [6, 6.07) is 0. The van der Waals surface area contributed by atoms with Gasteiger partial charge in [-0.05, 0) is 80.1 Å². The first kappa shape index (κ1) is 63.8. The summed E-state index contributed by atoms with van der Waals surface area (Å²) in [6.45, 7) is 12.4. The fourth-order valence-electron chi connectivity index (χ4n) is 9.25. The van der Waals surface area contributed by atoms with Crippen molar-refractivity contribution >= 4 is 0 Å². The first-order chi connectivity index (χ1) is 35.4. The molecule has 5 rings (SSSR count). The Hall–Kier alpha value is -2.04. The molecule has 75 heavy (non-hydrogen) atoms. The first-order valence-corrected chi connectivity index (χ1v) is 25.5. The lowest BCUT2D eigenvalue weighted by Gasteiger charge is -2.47. The molecule has 5 saturated heterocycles. The summed E-state index contributed by atoms with van der Waals surface area (Å²) in [7, 11) is 0. The Morgan fingerprint density at radius 2 is 0.880 bits per heavy atom. The number of rotatable bonds is 24. The van der Waals surface area contributed by atoms with Crippen molar-refractivity contribution in [2.24, 2.45) is 0 Å². The lowest BCUT2D eigenvalue weighted by atomic mass is 9.95. The van der Waals surface area contributed by atoms with E-state index < -0.39 is 179 Å². The Kier molecular flexibility index (Phi) is 24.6. The maximum atomic E-state index is 11.3. The summed E-state index contributed by atoms with van der Waals surface area (Å²) < 4.78 is 58.0. The molecule has 0 radical (unpaired) electrons. The molecule has 26 atom stereocenters. The molecule has 5 fully saturated rings. The molecule has 5 aliphatic heterocycles. The molecule has 5 aliphatic rings. The van der Waals surface area contributed by atoms with Crippen LogP contribution in [0.25, 0.3) is 0 Å². The van der Waals surface area contributed by atoms with Crippen LogP contribution >= 0.6 is 0 Å². The highest BCUT2D eigenvalue weighted by molar-refractivity contribution is 5.08. The van der Waals surface area contributed by atoms with Crippen molar-refractivity contribution in [3.05, 3.63) is 47.6 Å². The second-order valence-corrected chi connectivity index (χ2v) is 20.5. The Balaban J connectivity index is 1.10. The molecule has 25 heteroatoms. The molecule has 0 aromatic carbocycles. The summed E-state index contributed by atoms with van der Waals surface area (Å²) in [5.74, 6) is 0. The minimum absolute atomic E-state index is 0.0211. The molecule has 0 bridgehead atoms. The molecule has 15 N–H and O–H groups in total. The highest BCUT2D eigenvalue weighted by Gasteiger charge is 2.54. The van der Waals surface area contributed by atoms with Gasteiger partial charge in [0.1, 0.15) is 110 Å². The van der Waals surface area contributed by atoms with Gasteiger partial charge in [0.25, 0.3) is 0 Å². The van der Waals surface area contributed by atoms with E-state index in [1.54, 1.807) is 6.92 Å². The van der Waals surface area contributed by atoms with Crippen LogP contribution in [-0.2, 0) is 47.4 Å². The summed E-state index contributed by atoms with van der Waals surface area (Å²) in [4.78, 5) is 0. The topological polar surface area (TPSA) is 396 Å². The first-order valence-electron chi connectivity index (χ1n) is 25.5. The predicted octanol–water partition coefficient (Wildman–Crippen LogP) is -3.73. The molecule has 5 heterocycles. The largest absolute Gasteiger partial charge is 0.394 e. The number of aliphatic hydroxyl groups is 15. The summed E-state index contributed by atoms with van der Waals surface area (Å²) in [5, 5.41) is 157. The number of allylic oxidation sites excluding steroid dienone is 5. The molecule has 0 amide bonds. The van der Waals surface area contributed by atoms with Crippen LogP contribution in [0, 0.1) is 0 Å². The monoisotopic (exact) mass is 1080 g/mol. The Labute approximate surface area is 436 Å². The third kappa shape index (κ3) is 16.3. The van der Waals surface area contributed by atoms with E-state index in [9.17, 15) is 76.6 Å². The molecular formula is C50H84O25. The molecule has 0 unspecified atom stereocenters. The lowest BCUT2D eigenvalue weighted by molar-refractivity contribution is -0.375. The maximum Gasteiger partial charge on any atom is 0.188 e. The summed E-state index contributed by atoms with van der Waals surface area (Å²) >= 11 is 0. The van der Waals surface area contributed by atoms with Gasteiger partial charge in [-0.15, -0.1) is 6.58 Å². The summed E-state index contributed by atoms with van der Waals surface area (Å²) in [6.07, 6.45) is -26.5. The Morgan fingerprint density at radius 1 is 0.467 bits per heavy atom. The van der Waals surface area contributed by atoms with Gasteiger partial charge in [0, 0.05) is 0 Å². The highest BCUT2D eigenvalue weighted by Crippen LogP contribution is 2.35. The van der Waals surface area contributed by atoms with Crippen LogP contribution in [0.1, 0.15) is 80.1 Å². The van der Waals surface area contributed by atoms with Crippen molar-refractivity contribution in [2.45, 2.75) is 239 Å². The van der Waals surface area contributed by atoms with Gasteiger partial charge >= 0.3 is 0 Å². The van der Waals surface area contributed by atoms with Crippen molar-refractivity contribution < 1.29 is 124 Å². The second-order valence-electron chi connectivity index (χ2n) is 20.5. The SMILES string of the molecule is C=C[C@](C)(CC/C=C(\C)CC/C=C(\C)CC/C=C(/C)CO[C@@H]1O[C@H](CO[C@@H]2O[C@@H](C)[C@H](O)[C@@H](O)[C@H]2O)[C@@H](O[C@@H]2O[C@@H](C)[C@H](O)[C@@H](O)[C@H]2O)[C@H](O)[C@H]1O)O[C@@H]1O[C@H](CO)[C@@H](O)[C@H](O)[C@H]1O[C@@H]1O[C@H](CO)[C@@H](O)[C@H](O)[C@H]1O. The van der Waals surface area contributed by atoms with Crippen LogP contribution in [0.3, 0.4) is 0 Å². The molecule has 0 aromatic rings. The molecular weight excluding hydrogens is 1000 g/mol. The Morgan fingerprint density at radius 3 is 1.44 bits per heavy atom. The molecule has 25 nitrogen and oxygen atoms in total. The zero-order valence-corrected chi connectivity index (χ0v) is 43.3. The van der Waals surface area contributed by atoms with Gasteiger partial charge in [0.2, 0.25) is 0 Å². The maximum absolute atomic E-state index is 11.3. The van der Waals surface area contributed by atoms with Crippen LogP contribution in [0.4, 0.5) is 0 Å². The van der Waals surface area contributed by atoms with E-state index in [1.807, 2.05) is 32.9 Å². The molecule has 0 spiro atoms. The lowest BCUT2D eigenvalue weighted by Crippen LogP contribution is -2.65. The van der Waals surface area contributed by atoms with E-state index in [4.69, 9.17) is 47.4 Å². The zero-order valence-electron chi connectivity index (χ0n) is 43.3. The molecule has 0 saturated carbocycles. The number of hydrogen-bond donors (Lipinski definition) is 15. The minimum Gasteiger partial charge on any atom is -0.394 e. The third-order valence-corrected chi connectivity index (χ3v) is 14.4. The molecule has 0 aromatic heterocycles. The van der Waals surface area contributed by atoms with Gasteiger partial charge in [0.05, 0.1) is 44.2 Å². The van der Waals surface area contributed by atoms with Crippen molar-refractivity contribution in [2.75, 3.05) is 26.4 Å². The van der Waals surface area contributed by atoms with Crippen LogP contribution in [-0.4, -0.2) is 262 Å². The number of ether oxygens (including phenoxy) is 10. The van der Waals surface area contributed by atoms with Crippen molar-refractivity contribution in [3.63, 3.8) is 0 Å².